The van der Waals surface area contributed by atoms with E-state index in [1.807, 2.05) is 0 Å². The molecule has 3 heteroatoms. The highest BCUT2D eigenvalue weighted by Gasteiger charge is 2.27. The predicted molar refractivity (Wildman–Crippen MR) is 59.3 cm³/mol. The maximum atomic E-state index is 9.02. The number of anilines is 1. The van der Waals surface area contributed by atoms with Gasteiger partial charge in [0.25, 0.3) is 0 Å². The number of nitrogen functional groups attached to an aromatic ring is 1. The molecule has 0 radical (unpaired) electrons. The molecule has 0 saturated carbocycles. The Morgan fingerprint density at radius 1 is 1.50 bits per heavy atom. The van der Waals surface area contributed by atoms with Crippen LogP contribution in [0.4, 0.5) is 5.00 Å². The Labute approximate surface area is 88.4 Å². The van der Waals surface area contributed by atoms with Crippen molar-refractivity contribution >= 4 is 16.3 Å². The zero-order valence-corrected chi connectivity index (χ0v) is 9.32. The van der Waals surface area contributed by atoms with Crippen LogP contribution in [0.2, 0.25) is 0 Å². The minimum absolute atomic E-state index is 0.497. The molecule has 0 fully saturated rings. The Hall–Kier alpha value is -1.01. The lowest BCUT2D eigenvalue weighted by atomic mass is 9.81. The Kier molecular flexibility index (Phi) is 2.24. The van der Waals surface area contributed by atoms with Crippen molar-refractivity contribution < 1.29 is 0 Å². The van der Waals surface area contributed by atoms with Gasteiger partial charge in [-0.3, -0.25) is 0 Å². The normalized spacial score (nSPS) is 25.5. The molecule has 2 N–H and O–H groups in total. The van der Waals surface area contributed by atoms with E-state index in [1.54, 1.807) is 11.3 Å². The van der Waals surface area contributed by atoms with Crippen LogP contribution in [0.25, 0.3) is 0 Å². The molecule has 0 aromatic carbocycles. The van der Waals surface area contributed by atoms with Gasteiger partial charge in [0, 0.05) is 4.88 Å². The van der Waals surface area contributed by atoms with E-state index in [-0.39, 0.29) is 0 Å². The van der Waals surface area contributed by atoms with Crippen LogP contribution >= 0.6 is 11.3 Å². The van der Waals surface area contributed by atoms with Crippen LogP contribution in [-0.4, -0.2) is 0 Å². The number of thiophene rings is 1. The Bertz CT molecular complexity index is 400. The van der Waals surface area contributed by atoms with Gasteiger partial charge < -0.3 is 5.73 Å². The summed E-state index contributed by atoms with van der Waals surface area (Å²) in [4.78, 5) is 1.34. The smallest absolute Gasteiger partial charge is 0.104 e. The van der Waals surface area contributed by atoms with Crippen molar-refractivity contribution in [2.24, 2.45) is 5.92 Å². The van der Waals surface area contributed by atoms with E-state index >= 15 is 0 Å². The van der Waals surface area contributed by atoms with Gasteiger partial charge in [0.1, 0.15) is 11.1 Å². The summed E-state index contributed by atoms with van der Waals surface area (Å²) < 4.78 is 0. The van der Waals surface area contributed by atoms with Gasteiger partial charge in [0.2, 0.25) is 0 Å². The summed E-state index contributed by atoms with van der Waals surface area (Å²) >= 11 is 1.60. The zero-order valence-electron chi connectivity index (χ0n) is 8.50. The highest BCUT2D eigenvalue weighted by molar-refractivity contribution is 7.16. The first-order chi connectivity index (χ1) is 6.63. The molecule has 1 aliphatic rings. The molecule has 0 saturated heterocycles. The van der Waals surface area contributed by atoms with Crippen molar-refractivity contribution in [3.8, 4) is 6.07 Å². The summed E-state index contributed by atoms with van der Waals surface area (Å²) in [6, 6.07) is 2.23. The molecule has 2 rings (SSSR count). The molecule has 0 unspecified atom stereocenters. The number of nitriles is 1. The minimum Gasteiger partial charge on any atom is -0.389 e. The van der Waals surface area contributed by atoms with E-state index in [4.69, 9.17) is 11.0 Å². The van der Waals surface area contributed by atoms with Crippen molar-refractivity contribution in [2.75, 3.05) is 5.73 Å². The molecule has 14 heavy (non-hydrogen) atoms. The average Bonchev–Trinajstić information content (AvgIpc) is 2.40. The Morgan fingerprint density at radius 3 is 2.86 bits per heavy atom. The van der Waals surface area contributed by atoms with Gasteiger partial charge >= 0.3 is 0 Å². The van der Waals surface area contributed by atoms with E-state index in [2.05, 4.69) is 19.9 Å². The van der Waals surface area contributed by atoms with Gasteiger partial charge in [0.15, 0.2) is 0 Å². The summed E-state index contributed by atoms with van der Waals surface area (Å²) in [5, 5.41) is 9.73. The van der Waals surface area contributed by atoms with Gasteiger partial charge in [0.05, 0.1) is 5.56 Å². The molecule has 2 atom stereocenters. The van der Waals surface area contributed by atoms with Gasteiger partial charge in [-0.05, 0) is 30.2 Å². The third-order valence-electron chi connectivity index (χ3n) is 2.94. The second-order valence-corrected chi connectivity index (χ2v) is 5.37. The van der Waals surface area contributed by atoms with Crippen molar-refractivity contribution in [1.29, 1.82) is 5.26 Å². The predicted octanol–water partition coefficient (Wildman–Crippen LogP) is 2.89. The van der Waals surface area contributed by atoms with Crippen molar-refractivity contribution in [3.63, 3.8) is 0 Å². The van der Waals surface area contributed by atoms with Gasteiger partial charge in [-0.25, -0.2) is 0 Å². The van der Waals surface area contributed by atoms with E-state index in [9.17, 15) is 0 Å². The van der Waals surface area contributed by atoms with Gasteiger partial charge in [-0.15, -0.1) is 11.3 Å². The maximum Gasteiger partial charge on any atom is 0.104 e. The fourth-order valence-electron chi connectivity index (χ4n) is 2.42. The number of fused-ring (bicyclic) bond motifs is 1. The highest BCUT2D eigenvalue weighted by atomic mass is 32.1. The fourth-order valence-corrected chi connectivity index (χ4v) is 3.72. The molecule has 1 aromatic heterocycles. The van der Waals surface area contributed by atoms with Crippen molar-refractivity contribution in [3.05, 3.63) is 16.0 Å². The van der Waals surface area contributed by atoms with Crippen LogP contribution in [0.5, 0.6) is 0 Å². The first kappa shape index (κ1) is 9.54. The Morgan fingerprint density at radius 2 is 2.21 bits per heavy atom. The molecular weight excluding hydrogens is 192 g/mol. The van der Waals surface area contributed by atoms with Crippen LogP contribution in [0, 0.1) is 17.2 Å². The molecule has 1 aromatic rings. The van der Waals surface area contributed by atoms with Gasteiger partial charge in [-0.1, -0.05) is 13.8 Å². The third-order valence-corrected chi connectivity index (χ3v) is 4.00. The van der Waals surface area contributed by atoms with Crippen molar-refractivity contribution in [2.45, 2.75) is 32.6 Å². The van der Waals surface area contributed by atoms with Gasteiger partial charge in [-0.2, -0.15) is 5.26 Å². The second-order valence-electron chi connectivity index (χ2n) is 4.24. The molecule has 2 nitrogen and oxygen atoms in total. The summed E-state index contributed by atoms with van der Waals surface area (Å²) in [6.45, 7) is 4.46. The first-order valence-electron chi connectivity index (χ1n) is 4.94. The SMILES string of the molecule is C[C@@H]1Cc2sc(N)c(C#N)c2[C@@H](C)C1. The van der Waals surface area contributed by atoms with E-state index in [1.165, 1.54) is 16.9 Å². The lowest BCUT2D eigenvalue weighted by Gasteiger charge is -2.24. The monoisotopic (exact) mass is 206 g/mol. The summed E-state index contributed by atoms with van der Waals surface area (Å²) in [7, 11) is 0. The largest absolute Gasteiger partial charge is 0.389 e. The van der Waals surface area contributed by atoms with Crippen LogP contribution in [0.1, 0.15) is 42.2 Å². The topological polar surface area (TPSA) is 49.8 Å². The molecule has 0 amide bonds. The van der Waals surface area contributed by atoms with Crippen LogP contribution < -0.4 is 5.73 Å². The summed E-state index contributed by atoms with van der Waals surface area (Å²) in [5.74, 6) is 1.22. The molecule has 1 aliphatic carbocycles. The first-order valence-corrected chi connectivity index (χ1v) is 5.76. The lowest BCUT2D eigenvalue weighted by molar-refractivity contribution is 0.455. The molecule has 74 valence electrons. The summed E-state index contributed by atoms with van der Waals surface area (Å²) in [5.41, 5.74) is 7.81. The number of hydrogen-bond donors (Lipinski definition) is 1. The quantitative estimate of drug-likeness (QED) is 0.709. The molecule has 0 aliphatic heterocycles. The van der Waals surface area contributed by atoms with Crippen LogP contribution in [0.15, 0.2) is 0 Å². The standard InChI is InChI=1S/C11H14N2S/c1-6-3-7(2)10-8(5-12)11(13)14-9(10)4-6/h6-7H,3-4,13H2,1-2H3/t6-,7-/m0/s1. The molecule has 0 spiro atoms. The average molecular weight is 206 g/mol. The van der Waals surface area contributed by atoms with E-state index in [0.717, 1.165) is 17.9 Å². The number of hydrogen-bond acceptors (Lipinski definition) is 3. The summed E-state index contributed by atoms with van der Waals surface area (Å²) in [6.07, 6.45) is 2.27. The molecule has 1 heterocycles. The highest BCUT2D eigenvalue weighted by Crippen LogP contribution is 2.43. The number of nitrogens with zero attached hydrogens (tertiary/aromatic N) is 1. The number of rotatable bonds is 0. The van der Waals surface area contributed by atoms with E-state index in [0.29, 0.717) is 10.9 Å². The Balaban J connectivity index is 2.55. The second kappa shape index (κ2) is 3.29. The lowest BCUT2D eigenvalue weighted by Crippen LogP contribution is -2.13. The zero-order chi connectivity index (χ0) is 10.3. The third kappa shape index (κ3) is 1.31. The minimum atomic E-state index is 0.497. The fraction of sp³-hybridized carbons (Fsp3) is 0.545. The molecular formula is C11H14N2S. The van der Waals surface area contributed by atoms with Crippen LogP contribution in [-0.2, 0) is 6.42 Å². The molecule has 0 bridgehead atoms. The van der Waals surface area contributed by atoms with Crippen LogP contribution in [0.3, 0.4) is 0 Å². The van der Waals surface area contributed by atoms with Crippen molar-refractivity contribution in [1.82, 2.24) is 0 Å². The van der Waals surface area contributed by atoms with E-state index < -0.39 is 0 Å². The maximum absolute atomic E-state index is 9.02. The number of nitrogens with two attached hydrogens (primary N) is 1.